The monoisotopic (exact) mass is 285 g/mol. The summed E-state index contributed by atoms with van der Waals surface area (Å²) in [6.07, 6.45) is 0. The van der Waals surface area contributed by atoms with Gasteiger partial charge < -0.3 is 9.63 Å². The molecule has 0 bridgehead atoms. The van der Waals surface area contributed by atoms with Crippen LogP contribution in [0.15, 0.2) is 39.6 Å². The third-order valence-corrected chi connectivity index (χ3v) is 3.11. The third-order valence-electron chi connectivity index (χ3n) is 3.11. The normalized spacial score (nSPS) is 10.9. The van der Waals surface area contributed by atoms with Crippen molar-refractivity contribution in [2.75, 3.05) is 0 Å². The van der Waals surface area contributed by atoms with Crippen molar-refractivity contribution in [3.63, 3.8) is 0 Å². The highest BCUT2D eigenvalue weighted by molar-refractivity contribution is 6.02. The molecule has 1 N–H and O–H groups in total. The number of para-hydroxylation sites is 1. The van der Waals surface area contributed by atoms with Gasteiger partial charge in [0.2, 0.25) is 5.89 Å². The topological polar surface area (TPSA) is 98.2 Å². The number of carbonyl (C=O) groups is 1. The van der Waals surface area contributed by atoms with Gasteiger partial charge in [0.05, 0.1) is 11.1 Å². The van der Waals surface area contributed by atoms with E-state index in [2.05, 4.69) is 10.1 Å². The average molecular weight is 285 g/mol. The van der Waals surface area contributed by atoms with E-state index in [1.54, 1.807) is 31.2 Å². The molecule has 7 nitrogen and oxygen atoms in total. The predicted molar refractivity (Wildman–Crippen MR) is 73.3 cm³/mol. The molecule has 1 aromatic carbocycles. The number of nitrogens with zero attached hydrogens (tertiary/aromatic N) is 3. The number of aryl methyl sites for hydroxylation is 1. The van der Waals surface area contributed by atoms with Crippen molar-refractivity contribution >= 4 is 16.9 Å². The lowest BCUT2D eigenvalue weighted by atomic mass is 10.1. The number of carboxylic acid groups (broad SMARTS) is 1. The van der Waals surface area contributed by atoms with Crippen molar-refractivity contribution in [1.29, 1.82) is 0 Å². The van der Waals surface area contributed by atoms with Crippen molar-refractivity contribution in [3.8, 4) is 0 Å². The van der Waals surface area contributed by atoms with Crippen LogP contribution >= 0.6 is 0 Å². The largest absolute Gasteiger partial charge is 0.478 e. The number of rotatable bonds is 3. The minimum atomic E-state index is -1.14. The molecule has 0 aliphatic carbocycles. The Kier molecular flexibility index (Phi) is 3.02. The van der Waals surface area contributed by atoms with E-state index in [-0.39, 0.29) is 12.1 Å². The maximum absolute atomic E-state index is 12.2. The second-order valence-electron chi connectivity index (χ2n) is 4.54. The van der Waals surface area contributed by atoms with Crippen molar-refractivity contribution in [2.24, 2.45) is 0 Å². The molecule has 0 unspecified atom stereocenters. The first-order chi connectivity index (χ1) is 10.1. The van der Waals surface area contributed by atoms with Crippen LogP contribution in [0.2, 0.25) is 0 Å². The van der Waals surface area contributed by atoms with Gasteiger partial charge >= 0.3 is 5.97 Å². The minimum absolute atomic E-state index is 0.0199. The maximum atomic E-state index is 12.2. The molecule has 0 radical (unpaired) electrons. The van der Waals surface area contributed by atoms with Gasteiger partial charge in [0.15, 0.2) is 5.82 Å². The first-order valence-electron chi connectivity index (χ1n) is 6.21. The molecule has 0 saturated carbocycles. The van der Waals surface area contributed by atoms with E-state index in [4.69, 9.17) is 4.52 Å². The Balaban J connectivity index is 2.23. The van der Waals surface area contributed by atoms with E-state index < -0.39 is 11.5 Å². The van der Waals surface area contributed by atoms with E-state index in [1.807, 2.05) is 0 Å². The Hall–Kier alpha value is -2.96. The number of aromatic carboxylic acids is 1. The van der Waals surface area contributed by atoms with Gasteiger partial charge in [0.1, 0.15) is 6.54 Å². The minimum Gasteiger partial charge on any atom is -0.478 e. The molecule has 2 heterocycles. The Bertz CT molecular complexity index is 895. The van der Waals surface area contributed by atoms with Crippen LogP contribution in [0.1, 0.15) is 22.1 Å². The van der Waals surface area contributed by atoms with Gasteiger partial charge in [-0.1, -0.05) is 23.4 Å². The molecule has 7 heteroatoms. The van der Waals surface area contributed by atoms with Crippen LogP contribution in [-0.2, 0) is 6.54 Å². The van der Waals surface area contributed by atoms with Crippen molar-refractivity contribution in [1.82, 2.24) is 14.7 Å². The van der Waals surface area contributed by atoms with E-state index in [9.17, 15) is 14.7 Å². The zero-order valence-electron chi connectivity index (χ0n) is 11.1. The zero-order chi connectivity index (χ0) is 15.0. The summed E-state index contributed by atoms with van der Waals surface area (Å²) >= 11 is 0. The Morgan fingerprint density at radius 3 is 2.81 bits per heavy atom. The zero-order valence-corrected chi connectivity index (χ0v) is 11.1. The SMILES string of the molecule is Cc1noc(Cn2c(=O)cc(C(=O)O)c3ccccc32)n1. The summed E-state index contributed by atoms with van der Waals surface area (Å²) < 4.78 is 6.42. The highest BCUT2D eigenvalue weighted by Gasteiger charge is 2.15. The fourth-order valence-corrected chi connectivity index (χ4v) is 2.21. The summed E-state index contributed by atoms with van der Waals surface area (Å²) in [5.41, 5.74) is 0.0637. The average Bonchev–Trinajstić information content (AvgIpc) is 2.87. The number of carboxylic acids is 1. The van der Waals surface area contributed by atoms with Crippen LogP contribution in [0.5, 0.6) is 0 Å². The van der Waals surface area contributed by atoms with Crippen molar-refractivity contribution in [2.45, 2.75) is 13.5 Å². The van der Waals surface area contributed by atoms with Crippen LogP contribution in [0.3, 0.4) is 0 Å². The lowest BCUT2D eigenvalue weighted by Crippen LogP contribution is -2.22. The molecule has 0 spiro atoms. The van der Waals surface area contributed by atoms with Crippen LogP contribution in [0.4, 0.5) is 0 Å². The van der Waals surface area contributed by atoms with E-state index in [0.717, 1.165) is 6.07 Å². The first kappa shape index (κ1) is 13.0. The quantitative estimate of drug-likeness (QED) is 0.781. The number of hydrogen-bond donors (Lipinski definition) is 1. The first-order valence-corrected chi connectivity index (χ1v) is 6.21. The van der Waals surface area contributed by atoms with Gasteiger partial charge in [-0.3, -0.25) is 9.36 Å². The number of pyridine rings is 1. The predicted octanol–water partition coefficient (Wildman–Crippen LogP) is 1.44. The van der Waals surface area contributed by atoms with Crippen molar-refractivity contribution < 1.29 is 14.4 Å². The summed E-state index contributed by atoms with van der Waals surface area (Å²) in [5.74, 6) is -0.364. The van der Waals surface area contributed by atoms with Crippen LogP contribution in [-0.4, -0.2) is 25.8 Å². The van der Waals surface area contributed by atoms with E-state index >= 15 is 0 Å². The van der Waals surface area contributed by atoms with Gasteiger partial charge in [-0.2, -0.15) is 4.98 Å². The highest BCUT2D eigenvalue weighted by Crippen LogP contribution is 2.17. The molecule has 0 amide bonds. The molecule has 0 atom stereocenters. The smallest absolute Gasteiger partial charge is 0.336 e. The number of benzene rings is 1. The van der Waals surface area contributed by atoms with Gasteiger partial charge in [-0.25, -0.2) is 4.79 Å². The van der Waals surface area contributed by atoms with Gasteiger partial charge in [0, 0.05) is 11.5 Å². The second-order valence-corrected chi connectivity index (χ2v) is 4.54. The van der Waals surface area contributed by atoms with Crippen molar-refractivity contribution in [3.05, 3.63) is 58.0 Å². The van der Waals surface area contributed by atoms with E-state index in [0.29, 0.717) is 22.6 Å². The molecule has 0 aliphatic rings. The summed E-state index contributed by atoms with van der Waals surface area (Å²) in [6, 6.07) is 7.91. The molecule has 0 saturated heterocycles. The molecule has 106 valence electrons. The van der Waals surface area contributed by atoms with Gasteiger partial charge in [-0.15, -0.1) is 0 Å². The van der Waals surface area contributed by atoms with Gasteiger partial charge in [0.25, 0.3) is 5.56 Å². The molecule has 0 aliphatic heterocycles. The molecular weight excluding hydrogens is 274 g/mol. The Morgan fingerprint density at radius 1 is 1.38 bits per heavy atom. The summed E-state index contributed by atoms with van der Waals surface area (Å²) in [4.78, 5) is 27.5. The molecular formula is C14H11N3O4. The fraction of sp³-hybridized carbons (Fsp3) is 0.143. The van der Waals surface area contributed by atoms with Crippen LogP contribution in [0, 0.1) is 6.92 Å². The lowest BCUT2D eigenvalue weighted by molar-refractivity contribution is 0.0698. The third kappa shape index (κ3) is 2.29. The maximum Gasteiger partial charge on any atom is 0.336 e. The summed E-state index contributed by atoms with van der Waals surface area (Å²) in [6.45, 7) is 1.78. The Labute approximate surface area is 118 Å². The summed E-state index contributed by atoms with van der Waals surface area (Å²) in [5, 5.41) is 13.4. The molecule has 0 fully saturated rings. The van der Waals surface area contributed by atoms with Gasteiger partial charge in [-0.05, 0) is 13.0 Å². The Morgan fingerprint density at radius 2 is 2.14 bits per heavy atom. The van der Waals surface area contributed by atoms with Crippen LogP contribution < -0.4 is 5.56 Å². The number of hydrogen-bond acceptors (Lipinski definition) is 5. The number of fused-ring (bicyclic) bond motifs is 1. The molecule has 2 aromatic heterocycles. The molecule has 21 heavy (non-hydrogen) atoms. The standard InChI is InChI=1S/C14H11N3O4/c1-8-15-12(21-16-8)7-17-11-5-3-2-4-9(11)10(14(19)20)6-13(17)18/h2-6H,7H2,1H3,(H,19,20). The highest BCUT2D eigenvalue weighted by atomic mass is 16.5. The summed E-state index contributed by atoms with van der Waals surface area (Å²) in [7, 11) is 0. The lowest BCUT2D eigenvalue weighted by Gasteiger charge is -2.09. The van der Waals surface area contributed by atoms with Crippen LogP contribution in [0.25, 0.3) is 10.9 Å². The van der Waals surface area contributed by atoms with E-state index in [1.165, 1.54) is 4.57 Å². The second kappa shape index (κ2) is 4.86. The fourth-order valence-electron chi connectivity index (χ4n) is 2.21. The number of aromatic nitrogens is 3. The molecule has 3 aromatic rings. The molecule has 3 rings (SSSR count).